The van der Waals surface area contributed by atoms with Gasteiger partial charge in [-0.15, -0.1) is 0 Å². The summed E-state index contributed by atoms with van der Waals surface area (Å²) >= 11 is 0. The second-order valence-electron chi connectivity index (χ2n) is 29.8. The SMILES string of the molecule is CC1(C)c2ccccc2-c2ccc(N(c3ccc(-c4ccccc4)cc3)c3cc(-c4ccccc4)c(-c4ccccc4)c4ccc(-c5ccccc5)cc34)cc21.c1ccc(-c2ccc(N(c3ccc(-c4ccccc4)cc3)c3cc(-c4ccccc4)c(-c4ccccc4)c4cc(-c5cccc6ccccc56)ccc34)cc2)cc1. The molecule has 0 amide bonds. The standard InChI is InChI=1S/C56H39N.C55H41N/c1-5-16-40(17-6-1)42-28-33-48(34-29-42)57(49-35-30-43(31-36-49)41-18-7-2-8-19-41)55-39-53(45-20-9-3-10-21-45)56(46-23-11-4-12-24-46)54-38-47(32-37-52(54)55)51-27-15-25-44-22-13-14-26-50(44)51;1-55(2)51-26-16-15-25-46(51)47-34-32-45(36-52(47)55)56(44-30-27-40(28-31-44)38-17-7-3-8-18-38)53-37-49(41-21-11-5-12-22-41)54(42-23-13-6-14-24-42)48-33-29-43(35-50(48)53)39-19-9-4-10-20-39/h1-39H;3-37H,1-2H3. The molecule has 2 heteroatoms. The van der Waals surface area contributed by atoms with Gasteiger partial charge in [0, 0.05) is 38.9 Å². The summed E-state index contributed by atoms with van der Waals surface area (Å²) in [6.45, 7) is 4.73. The maximum atomic E-state index is 2.49. The molecule has 1 aliphatic carbocycles. The van der Waals surface area contributed by atoms with Gasteiger partial charge in [-0.05, 0) is 217 Å². The number of anilines is 6. The van der Waals surface area contributed by atoms with E-state index in [2.05, 4.69) is 473 Å². The fourth-order valence-electron chi connectivity index (χ4n) is 17.1. The average molecular weight is 1440 g/mol. The second-order valence-corrected chi connectivity index (χ2v) is 29.8. The predicted octanol–water partition coefficient (Wildman–Crippen LogP) is 31.1. The molecule has 2 nitrogen and oxygen atoms in total. The molecule has 0 atom stereocenters. The lowest BCUT2D eigenvalue weighted by Crippen LogP contribution is -2.16. The van der Waals surface area contributed by atoms with Crippen molar-refractivity contribution in [2.24, 2.45) is 0 Å². The first kappa shape index (κ1) is 69.0. The molecule has 19 aromatic rings. The van der Waals surface area contributed by atoms with Crippen molar-refractivity contribution in [1.29, 1.82) is 0 Å². The Morgan fingerprint density at radius 2 is 0.496 bits per heavy atom. The molecular formula is C111H80N2. The number of benzene rings is 19. The van der Waals surface area contributed by atoms with E-state index in [-0.39, 0.29) is 5.41 Å². The van der Waals surface area contributed by atoms with Crippen molar-refractivity contribution in [1.82, 2.24) is 0 Å². The summed E-state index contributed by atoms with van der Waals surface area (Å²) < 4.78 is 0. The van der Waals surface area contributed by atoms with E-state index in [4.69, 9.17) is 0 Å². The Bertz CT molecular complexity index is 6520. The Balaban J connectivity index is 0.000000152. The van der Waals surface area contributed by atoms with E-state index in [9.17, 15) is 0 Å². The van der Waals surface area contributed by atoms with Crippen molar-refractivity contribution in [3.05, 3.63) is 460 Å². The van der Waals surface area contributed by atoms with Gasteiger partial charge in [0.15, 0.2) is 0 Å². The summed E-state index contributed by atoms with van der Waals surface area (Å²) in [7, 11) is 0. The van der Waals surface area contributed by atoms with Crippen molar-refractivity contribution >= 4 is 66.4 Å². The number of hydrogen-bond acceptors (Lipinski definition) is 2. The van der Waals surface area contributed by atoms with E-state index in [0.29, 0.717) is 0 Å². The summed E-state index contributed by atoms with van der Waals surface area (Å²) in [5.74, 6) is 0. The van der Waals surface area contributed by atoms with Crippen LogP contribution in [0.3, 0.4) is 0 Å². The Kier molecular flexibility index (Phi) is 18.5. The molecule has 0 aliphatic heterocycles. The van der Waals surface area contributed by atoms with Gasteiger partial charge in [-0.1, -0.05) is 390 Å². The lowest BCUT2D eigenvalue weighted by atomic mass is 9.82. The van der Waals surface area contributed by atoms with Crippen LogP contribution >= 0.6 is 0 Å². The molecule has 113 heavy (non-hydrogen) atoms. The summed E-state index contributed by atoms with van der Waals surface area (Å²) in [4.78, 5) is 4.93. The van der Waals surface area contributed by atoms with Crippen LogP contribution in [0.1, 0.15) is 25.0 Å². The molecule has 0 fully saturated rings. The van der Waals surface area contributed by atoms with Crippen LogP contribution < -0.4 is 9.80 Å². The lowest BCUT2D eigenvalue weighted by Gasteiger charge is -2.31. The zero-order chi connectivity index (χ0) is 75.6. The van der Waals surface area contributed by atoms with Crippen LogP contribution in [0.25, 0.3) is 144 Å². The van der Waals surface area contributed by atoms with Gasteiger partial charge in [0.2, 0.25) is 0 Å². The molecule has 0 saturated carbocycles. The van der Waals surface area contributed by atoms with Crippen molar-refractivity contribution < 1.29 is 0 Å². The Morgan fingerprint density at radius 1 is 0.168 bits per heavy atom. The highest BCUT2D eigenvalue weighted by molar-refractivity contribution is 6.15. The van der Waals surface area contributed by atoms with Crippen molar-refractivity contribution in [3.63, 3.8) is 0 Å². The highest BCUT2D eigenvalue weighted by Crippen LogP contribution is 2.54. The maximum absolute atomic E-state index is 2.49. The van der Waals surface area contributed by atoms with Gasteiger partial charge >= 0.3 is 0 Å². The third-order valence-corrected chi connectivity index (χ3v) is 22.7. The number of rotatable bonds is 15. The van der Waals surface area contributed by atoms with Crippen LogP contribution in [-0.4, -0.2) is 0 Å². The van der Waals surface area contributed by atoms with E-state index >= 15 is 0 Å². The third kappa shape index (κ3) is 13.3. The van der Waals surface area contributed by atoms with Crippen LogP contribution in [0.2, 0.25) is 0 Å². The molecule has 1 aliphatic rings. The van der Waals surface area contributed by atoms with E-state index in [0.717, 1.165) is 34.1 Å². The van der Waals surface area contributed by atoms with Crippen LogP contribution in [0, 0.1) is 0 Å². The van der Waals surface area contributed by atoms with Crippen LogP contribution in [0.15, 0.2) is 449 Å². The van der Waals surface area contributed by atoms with Gasteiger partial charge < -0.3 is 9.80 Å². The van der Waals surface area contributed by atoms with E-state index in [1.807, 2.05) is 0 Å². The maximum Gasteiger partial charge on any atom is 0.0546 e. The van der Waals surface area contributed by atoms with Crippen molar-refractivity contribution in [2.75, 3.05) is 9.80 Å². The molecule has 0 heterocycles. The Morgan fingerprint density at radius 3 is 0.991 bits per heavy atom. The molecule has 0 radical (unpaired) electrons. The molecule has 0 saturated heterocycles. The quantitative estimate of drug-likeness (QED) is 0.101. The number of fused-ring (bicyclic) bond motifs is 6. The first-order chi connectivity index (χ1) is 55.8. The molecule has 0 N–H and O–H groups in total. The highest BCUT2D eigenvalue weighted by Gasteiger charge is 2.36. The molecule has 0 aromatic heterocycles. The minimum atomic E-state index is -0.139. The fourth-order valence-corrected chi connectivity index (χ4v) is 17.1. The molecule has 0 spiro atoms. The largest absolute Gasteiger partial charge is 0.310 e. The van der Waals surface area contributed by atoms with E-state index in [1.54, 1.807) is 0 Å². The monoisotopic (exact) mass is 1440 g/mol. The normalized spacial score (nSPS) is 11.9. The van der Waals surface area contributed by atoms with Gasteiger partial charge in [-0.25, -0.2) is 0 Å². The third-order valence-electron chi connectivity index (χ3n) is 22.7. The molecule has 0 unspecified atom stereocenters. The minimum absolute atomic E-state index is 0.139. The van der Waals surface area contributed by atoms with Crippen LogP contribution in [-0.2, 0) is 5.41 Å². The first-order valence-electron chi connectivity index (χ1n) is 39.1. The van der Waals surface area contributed by atoms with Gasteiger partial charge in [-0.2, -0.15) is 0 Å². The van der Waals surface area contributed by atoms with Crippen molar-refractivity contribution in [2.45, 2.75) is 19.3 Å². The van der Waals surface area contributed by atoms with Crippen molar-refractivity contribution in [3.8, 4) is 111 Å². The average Bonchev–Trinajstić information content (AvgIpc) is 1.68. The number of nitrogens with zero attached hydrogens (tertiary/aromatic N) is 2. The molecular weight excluding hydrogens is 1360 g/mol. The molecule has 0 bridgehead atoms. The molecule has 20 rings (SSSR count). The number of hydrogen-bond donors (Lipinski definition) is 0. The summed E-state index contributed by atoms with van der Waals surface area (Å²) in [5, 5.41) is 7.28. The van der Waals surface area contributed by atoms with Gasteiger partial charge in [0.25, 0.3) is 0 Å². The van der Waals surface area contributed by atoms with E-state index < -0.39 is 0 Å². The topological polar surface area (TPSA) is 6.48 Å². The first-order valence-corrected chi connectivity index (χ1v) is 39.1. The molecule has 19 aromatic carbocycles. The highest BCUT2D eigenvalue weighted by atomic mass is 15.1. The summed E-state index contributed by atoms with van der Waals surface area (Å²) in [6, 6.07) is 163. The second kappa shape index (κ2) is 30.2. The molecule has 534 valence electrons. The summed E-state index contributed by atoms with van der Waals surface area (Å²) in [5.41, 5.74) is 33.5. The van der Waals surface area contributed by atoms with Gasteiger partial charge in [-0.3, -0.25) is 0 Å². The minimum Gasteiger partial charge on any atom is -0.310 e. The van der Waals surface area contributed by atoms with Gasteiger partial charge in [0.05, 0.1) is 11.4 Å². The zero-order valence-corrected chi connectivity index (χ0v) is 63.1. The summed E-state index contributed by atoms with van der Waals surface area (Å²) in [6.07, 6.45) is 0. The van der Waals surface area contributed by atoms with Crippen LogP contribution in [0.4, 0.5) is 34.1 Å². The Labute approximate surface area is 662 Å². The predicted molar refractivity (Wildman–Crippen MR) is 481 cm³/mol. The zero-order valence-electron chi connectivity index (χ0n) is 63.1. The van der Waals surface area contributed by atoms with Crippen LogP contribution in [0.5, 0.6) is 0 Å². The smallest absolute Gasteiger partial charge is 0.0546 e. The van der Waals surface area contributed by atoms with Gasteiger partial charge in [0.1, 0.15) is 0 Å². The lowest BCUT2D eigenvalue weighted by molar-refractivity contribution is 0.660. The fraction of sp³-hybridized carbons (Fsp3) is 0.0270. The van der Waals surface area contributed by atoms with E-state index in [1.165, 1.54) is 155 Å². The Hall–Kier alpha value is -14.4.